The van der Waals surface area contributed by atoms with Crippen LogP contribution in [0.2, 0.25) is 0 Å². The lowest BCUT2D eigenvalue weighted by Gasteiger charge is -2.25. The van der Waals surface area contributed by atoms with E-state index in [-0.39, 0.29) is 12.0 Å². The van der Waals surface area contributed by atoms with Crippen LogP contribution in [-0.2, 0) is 16.3 Å². The Labute approximate surface area is 92.7 Å². The van der Waals surface area contributed by atoms with Gasteiger partial charge in [-0.15, -0.1) is 0 Å². The number of nitrogens with zero attached hydrogens (tertiary/aromatic N) is 1. The first-order valence-electron chi connectivity index (χ1n) is 5.15. The molecule has 0 aliphatic rings. The molecule has 82 valence electrons. The van der Waals surface area contributed by atoms with Crippen LogP contribution < -0.4 is 0 Å². The van der Waals surface area contributed by atoms with Crippen molar-refractivity contribution in [3.8, 4) is 6.07 Å². The van der Waals surface area contributed by atoms with Crippen LogP contribution in [0, 0.1) is 17.2 Å². The van der Waals surface area contributed by atoms with Crippen LogP contribution in [0.4, 0.5) is 0 Å². The molecule has 2 atom stereocenters. The predicted octanol–water partition coefficient (Wildman–Crippen LogP) is 3.38. The van der Waals surface area contributed by atoms with E-state index in [2.05, 4.69) is 19.9 Å². The summed E-state index contributed by atoms with van der Waals surface area (Å²) in [6.45, 7) is 8.16. The molecule has 0 N–H and O–H groups in total. The number of nitriles is 1. The monoisotopic (exact) mass is 233 g/mol. The van der Waals surface area contributed by atoms with Gasteiger partial charge in [-0.2, -0.15) is 5.26 Å². The molecule has 0 aliphatic heterocycles. The summed E-state index contributed by atoms with van der Waals surface area (Å²) >= 11 is 5.50. The second-order valence-corrected chi connectivity index (χ2v) is 8.67. The molecule has 0 bridgehead atoms. The van der Waals surface area contributed by atoms with Gasteiger partial charge in [-0.1, -0.05) is 39.5 Å². The summed E-state index contributed by atoms with van der Waals surface area (Å²) < 4.78 is 5.80. The highest BCUT2D eigenvalue weighted by Crippen LogP contribution is 2.49. The van der Waals surface area contributed by atoms with Crippen molar-refractivity contribution in [3.63, 3.8) is 0 Å². The minimum atomic E-state index is -1.72. The summed E-state index contributed by atoms with van der Waals surface area (Å²) in [6.07, 6.45) is 0.839. The lowest BCUT2D eigenvalue weighted by molar-refractivity contribution is 0.226. The Morgan fingerprint density at radius 2 is 2.00 bits per heavy atom. The summed E-state index contributed by atoms with van der Waals surface area (Å²) in [5, 5.41) is 8.92. The minimum absolute atomic E-state index is 0.228. The van der Waals surface area contributed by atoms with Gasteiger partial charge in [-0.05, 0) is 24.7 Å². The van der Waals surface area contributed by atoms with E-state index in [9.17, 15) is 0 Å². The molecule has 0 aliphatic carbocycles. The molecule has 0 heterocycles. The van der Waals surface area contributed by atoms with Crippen LogP contribution in [0.3, 0.4) is 0 Å². The van der Waals surface area contributed by atoms with Crippen LogP contribution in [0.25, 0.3) is 0 Å². The Kier molecular flexibility index (Phi) is 6.61. The van der Waals surface area contributed by atoms with Crippen LogP contribution >= 0.6 is 6.26 Å². The van der Waals surface area contributed by atoms with Crippen molar-refractivity contribution in [2.45, 2.75) is 40.2 Å². The summed E-state index contributed by atoms with van der Waals surface area (Å²) in [7, 11) is 0. The maximum Gasteiger partial charge on any atom is 0.151 e. The topological polar surface area (TPSA) is 33.0 Å². The summed E-state index contributed by atoms with van der Waals surface area (Å²) in [4.78, 5) is 0. The van der Waals surface area contributed by atoms with E-state index < -0.39 is 6.26 Å². The molecule has 0 spiro atoms. The normalized spacial score (nSPS) is 17.4. The highest BCUT2D eigenvalue weighted by atomic mass is 32.4. The smallest absolute Gasteiger partial charge is 0.151 e. The largest absolute Gasteiger partial charge is 0.332 e. The zero-order valence-corrected chi connectivity index (χ0v) is 11.2. The zero-order chi connectivity index (χ0) is 11.2. The summed E-state index contributed by atoms with van der Waals surface area (Å²) in [5.41, 5.74) is 0. The second kappa shape index (κ2) is 6.56. The first kappa shape index (κ1) is 14.1. The van der Waals surface area contributed by atoms with E-state index in [1.54, 1.807) is 0 Å². The molecule has 0 fully saturated rings. The van der Waals surface area contributed by atoms with Gasteiger partial charge in [0.05, 0.1) is 12.3 Å². The summed E-state index contributed by atoms with van der Waals surface area (Å²) in [5.74, 6) is 0.228. The molecule has 0 saturated heterocycles. The van der Waals surface area contributed by atoms with Gasteiger partial charge < -0.3 is 4.52 Å². The maximum atomic E-state index is 8.92. The molecule has 0 rings (SSSR count). The number of hydrogen-bond donors (Lipinski definition) is 0. The highest BCUT2D eigenvalue weighted by Gasteiger charge is 2.22. The Hall–Kier alpha value is 0.100. The second-order valence-electron chi connectivity index (χ2n) is 3.75. The standard InChI is InChI=1S/C10H20NOPS/c1-5-7-13(14,6-2)12-10(8-11)9(3)4/h9-10H,5-7H2,1-4H3. The lowest BCUT2D eigenvalue weighted by Crippen LogP contribution is -2.17. The van der Waals surface area contributed by atoms with Crippen molar-refractivity contribution < 1.29 is 4.52 Å². The highest BCUT2D eigenvalue weighted by molar-refractivity contribution is 8.12. The van der Waals surface area contributed by atoms with Gasteiger partial charge in [0.1, 0.15) is 0 Å². The Morgan fingerprint density at radius 1 is 1.43 bits per heavy atom. The van der Waals surface area contributed by atoms with Gasteiger partial charge in [-0.25, -0.2) is 0 Å². The van der Waals surface area contributed by atoms with Crippen molar-refractivity contribution in [2.75, 3.05) is 12.3 Å². The first-order chi connectivity index (χ1) is 6.49. The number of hydrogen-bond acceptors (Lipinski definition) is 3. The quantitative estimate of drug-likeness (QED) is 0.659. The SMILES string of the molecule is CCCP(=S)(CC)OC(C#N)C(C)C. The lowest BCUT2D eigenvalue weighted by atomic mass is 10.1. The third kappa shape index (κ3) is 4.55. The average Bonchev–Trinajstić information content (AvgIpc) is 2.14. The van der Waals surface area contributed by atoms with Gasteiger partial charge in [-0.3, -0.25) is 0 Å². The Morgan fingerprint density at radius 3 is 2.29 bits per heavy atom. The Balaban J connectivity index is 4.44. The van der Waals surface area contributed by atoms with Crippen molar-refractivity contribution in [3.05, 3.63) is 0 Å². The predicted molar refractivity (Wildman–Crippen MR) is 65.3 cm³/mol. The molecular formula is C10H20NOPS. The van der Waals surface area contributed by atoms with Crippen LogP contribution in [0.5, 0.6) is 0 Å². The Bertz CT molecular complexity index is 247. The van der Waals surface area contributed by atoms with Gasteiger partial charge in [0.15, 0.2) is 6.10 Å². The summed E-state index contributed by atoms with van der Waals surface area (Å²) in [6, 6.07) is 2.19. The van der Waals surface area contributed by atoms with Crippen molar-refractivity contribution in [1.82, 2.24) is 0 Å². The number of rotatable bonds is 6. The molecule has 14 heavy (non-hydrogen) atoms. The fourth-order valence-electron chi connectivity index (χ4n) is 1.13. The minimum Gasteiger partial charge on any atom is -0.332 e. The van der Waals surface area contributed by atoms with Gasteiger partial charge >= 0.3 is 0 Å². The molecule has 2 unspecified atom stereocenters. The van der Waals surface area contributed by atoms with E-state index in [0.717, 1.165) is 18.7 Å². The third-order valence-electron chi connectivity index (χ3n) is 2.08. The fourth-order valence-corrected chi connectivity index (χ4v) is 3.91. The van der Waals surface area contributed by atoms with Gasteiger partial charge in [0.2, 0.25) is 0 Å². The molecule has 2 nitrogen and oxygen atoms in total. The molecular weight excluding hydrogens is 213 g/mol. The van der Waals surface area contributed by atoms with E-state index in [1.807, 2.05) is 13.8 Å². The molecule has 0 amide bonds. The van der Waals surface area contributed by atoms with E-state index in [4.69, 9.17) is 21.6 Å². The fraction of sp³-hybridized carbons (Fsp3) is 0.900. The molecule has 0 radical (unpaired) electrons. The van der Waals surface area contributed by atoms with Crippen LogP contribution in [0.1, 0.15) is 34.1 Å². The van der Waals surface area contributed by atoms with Crippen molar-refractivity contribution in [2.24, 2.45) is 5.92 Å². The molecule has 0 saturated carbocycles. The molecule has 0 aromatic carbocycles. The first-order valence-corrected chi connectivity index (χ1v) is 8.24. The van der Waals surface area contributed by atoms with Gasteiger partial charge in [0.25, 0.3) is 0 Å². The maximum absolute atomic E-state index is 8.92. The third-order valence-corrected chi connectivity index (χ3v) is 6.37. The van der Waals surface area contributed by atoms with E-state index >= 15 is 0 Å². The van der Waals surface area contributed by atoms with E-state index in [1.165, 1.54) is 0 Å². The van der Waals surface area contributed by atoms with E-state index in [0.29, 0.717) is 0 Å². The molecule has 4 heteroatoms. The molecule has 0 aromatic rings. The molecule has 0 aromatic heterocycles. The average molecular weight is 233 g/mol. The zero-order valence-electron chi connectivity index (χ0n) is 9.49. The van der Waals surface area contributed by atoms with Crippen LogP contribution in [-0.4, -0.2) is 18.4 Å². The van der Waals surface area contributed by atoms with Crippen molar-refractivity contribution >= 4 is 18.1 Å². The van der Waals surface area contributed by atoms with Gasteiger partial charge in [0, 0.05) is 0 Å². The van der Waals surface area contributed by atoms with Crippen LogP contribution in [0.15, 0.2) is 0 Å². The van der Waals surface area contributed by atoms with Crippen molar-refractivity contribution in [1.29, 1.82) is 5.26 Å².